The molecule has 2 aromatic heterocycles. The van der Waals surface area contributed by atoms with Crippen LogP contribution in [0.15, 0.2) is 81.3 Å². The summed E-state index contributed by atoms with van der Waals surface area (Å²) in [5, 5.41) is 14.4. The Balaban J connectivity index is 0.000000321. The van der Waals surface area contributed by atoms with Crippen molar-refractivity contribution < 1.29 is 33.8 Å². The zero-order valence-electron chi connectivity index (χ0n) is 17.2. The van der Waals surface area contributed by atoms with Crippen LogP contribution in [0.1, 0.15) is 11.4 Å². The second-order valence-electron chi connectivity index (χ2n) is 5.93. The van der Waals surface area contributed by atoms with Gasteiger partial charge in [0.2, 0.25) is 0 Å². The fourth-order valence-corrected chi connectivity index (χ4v) is 2.45. The Morgan fingerprint density at radius 2 is 1.03 bits per heavy atom. The van der Waals surface area contributed by atoms with Crippen molar-refractivity contribution >= 4 is 70.1 Å². The van der Waals surface area contributed by atoms with Gasteiger partial charge >= 0.3 is 16.8 Å². The van der Waals surface area contributed by atoms with Gasteiger partial charge < -0.3 is 53.7 Å². The van der Waals surface area contributed by atoms with E-state index in [1.807, 2.05) is 48.5 Å². The van der Waals surface area contributed by atoms with E-state index >= 15 is 0 Å². The minimum atomic E-state index is -0.00926. The predicted molar refractivity (Wildman–Crippen MR) is 132 cm³/mol. The molecule has 0 spiro atoms. The summed E-state index contributed by atoms with van der Waals surface area (Å²) in [7, 11) is 0. The van der Waals surface area contributed by atoms with Crippen molar-refractivity contribution in [2.24, 2.45) is 31.9 Å². The van der Waals surface area contributed by atoms with E-state index in [0.717, 1.165) is 22.1 Å². The standard InChI is InChI=1S/2C10H9N5S.BrH.Co/c2*11-10(16)15-13-6-7-5-12-8-3-1-2-4-9(8)14-7;;/h2*1-6H,(H3,11,15,16);1H;/q;;;+3/p-3/b2*13-6+;;. The van der Waals surface area contributed by atoms with Crippen LogP contribution in [0.25, 0.3) is 22.1 Å². The minimum absolute atomic E-state index is 0. The SMILES string of the molecule is N/C([S-])=N\N=C\c1cnc2ccccc2n1.N/C([S-])=N\N=C\c1cnc2ccccc2n1.[Br-].[Co+3]. The summed E-state index contributed by atoms with van der Waals surface area (Å²) in [4.78, 5) is 17.1. The molecule has 10 nitrogen and oxygen atoms in total. The molecule has 4 rings (SSSR count). The maximum Gasteiger partial charge on any atom is 3.00 e. The Labute approximate surface area is 227 Å². The minimum Gasteiger partial charge on any atom is -1.00 e. The number of aromatic nitrogens is 4. The van der Waals surface area contributed by atoms with Crippen LogP contribution in [-0.2, 0) is 42.0 Å². The molecule has 0 amide bonds. The average molecular weight is 599 g/mol. The zero-order valence-corrected chi connectivity index (χ0v) is 21.4. The largest absolute Gasteiger partial charge is 3.00 e. The molecule has 0 bridgehead atoms. The first-order chi connectivity index (χ1) is 15.5. The zero-order chi connectivity index (χ0) is 22.8. The number of nitrogens with two attached hydrogens (primary N) is 2. The van der Waals surface area contributed by atoms with Crippen LogP contribution >= 0.6 is 0 Å². The second kappa shape index (κ2) is 14.9. The molecule has 0 aliphatic carbocycles. The topological polar surface area (TPSA) is 153 Å². The van der Waals surface area contributed by atoms with Gasteiger partial charge in [0.15, 0.2) is 0 Å². The molecule has 2 aromatic carbocycles. The van der Waals surface area contributed by atoms with E-state index in [2.05, 4.69) is 65.6 Å². The third-order valence-corrected chi connectivity index (χ3v) is 3.79. The fraction of sp³-hybridized carbons (Fsp3) is 0. The van der Waals surface area contributed by atoms with Gasteiger partial charge in [-0.25, -0.2) is 9.97 Å². The monoisotopic (exact) mass is 598 g/mol. The third kappa shape index (κ3) is 9.36. The fourth-order valence-electron chi connectivity index (χ4n) is 2.36. The molecule has 34 heavy (non-hydrogen) atoms. The predicted octanol–water partition coefficient (Wildman–Crippen LogP) is -1.35. The summed E-state index contributed by atoms with van der Waals surface area (Å²) >= 11 is 9.10. The summed E-state index contributed by atoms with van der Waals surface area (Å²) in [5.74, 6) is 0. The molecular formula is C20H16BrCoN10S2. The Bertz CT molecular complexity index is 1240. The molecule has 2 heterocycles. The normalized spacial score (nSPS) is 11.6. The van der Waals surface area contributed by atoms with Gasteiger partial charge in [-0.15, -0.1) is 0 Å². The van der Waals surface area contributed by atoms with Crippen molar-refractivity contribution in [2.75, 3.05) is 0 Å². The van der Waals surface area contributed by atoms with Crippen LogP contribution in [-0.4, -0.2) is 42.7 Å². The second-order valence-corrected chi connectivity index (χ2v) is 6.77. The summed E-state index contributed by atoms with van der Waals surface area (Å²) in [6.45, 7) is 0. The van der Waals surface area contributed by atoms with E-state index in [1.165, 1.54) is 12.4 Å². The van der Waals surface area contributed by atoms with Crippen LogP contribution in [0.4, 0.5) is 0 Å². The number of hydrogen-bond donors (Lipinski definition) is 2. The Hall–Kier alpha value is -3.17. The maximum absolute atomic E-state index is 5.16. The first-order valence-electron chi connectivity index (χ1n) is 9.02. The molecule has 174 valence electrons. The van der Waals surface area contributed by atoms with Crippen molar-refractivity contribution in [2.45, 2.75) is 0 Å². The van der Waals surface area contributed by atoms with Gasteiger partial charge in [0, 0.05) is 0 Å². The average Bonchev–Trinajstić information content (AvgIpc) is 2.79. The molecule has 0 aliphatic rings. The van der Waals surface area contributed by atoms with Gasteiger partial charge in [-0.2, -0.15) is 20.4 Å². The van der Waals surface area contributed by atoms with Crippen molar-refractivity contribution in [1.29, 1.82) is 0 Å². The van der Waals surface area contributed by atoms with E-state index in [1.54, 1.807) is 12.4 Å². The van der Waals surface area contributed by atoms with Crippen molar-refractivity contribution in [3.8, 4) is 0 Å². The third-order valence-electron chi connectivity index (χ3n) is 3.63. The first kappa shape index (κ1) is 28.9. The molecule has 0 aliphatic heterocycles. The van der Waals surface area contributed by atoms with E-state index in [9.17, 15) is 0 Å². The number of hydrogen-bond acceptors (Lipinski definition) is 10. The van der Waals surface area contributed by atoms with Gasteiger partial charge in [0.1, 0.15) is 11.4 Å². The van der Waals surface area contributed by atoms with E-state index in [-0.39, 0.29) is 44.1 Å². The maximum atomic E-state index is 5.16. The number of fused-ring (bicyclic) bond motifs is 2. The van der Waals surface area contributed by atoms with Crippen molar-refractivity contribution in [3.05, 3.63) is 72.3 Å². The molecule has 0 fully saturated rings. The summed E-state index contributed by atoms with van der Waals surface area (Å²) in [6.07, 6.45) is 6.14. The van der Waals surface area contributed by atoms with Crippen LogP contribution in [0.3, 0.4) is 0 Å². The molecule has 0 unspecified atom stereocenters. The summed E-state index contributed by atoms with van der Waals surface area (Å²) in [5.41, 5.74) is 14.8. The Kier molecular flexibility index (Phi) is 12.6. The number of nitrogens with zero attached hydrogens (tertiary/aromatic N) is 8. The van der Waals surface area contributed by atoms with Gasteiger partial charge in [0.05, 0.1) is 46.9 Å². The van der Waals surface area contributed by atoms with Gasteiger partial charge in [-0.1, -0.05) is 24.3 Å². The van der Waals surface area contributed by atoms with Gasteiger partial charge in [-0.05, 0) is 34.6 Å². The summed E-state index contributed by atoms with van der Waals surface area (Å²) < 4.78 is 0. The van der Waals surface area contributed by atoms with Gasteiger partial charge in [0.25, 0.3) is 0 Å². The quantitative estimate of drug-likeness (QED) is 0.127. The number of benzene rings is 2. The number of amidine groups is 2. The van der Waals surface area contributed by atoms with Crippen LogP contribution in [0.2, 0.25) is 0 Å². The smallest absolute Gasteiger partial charge is 1.00 e. The van der Waals surface area contributed by atoms with E-state index in [0.29, 0.717) is 11.4 Å². The van der Waals surface area contributed by atoms with Crippen LogP contribution < -0.4 is 28.4 Å². The number of halogens is 1. The number of para-hydroxylation sites is 4. The van der Waals surface area contributed by atoms with Crippen molar-refractivity contribution in [3.63, 3.8) is 0 Å². The molecule has 0 atom stereocenters. The van der Waals surface area contributed by atoms with Crippen LogP contribution in [0, 0.1) is 0 Å². The molecule has 0 saturated heterocycles. The van der Waals surface area contributed by atoms with E-state index < -0.39 is 0 Å². The molecular weight excluding hydrogens is 583 g/mol. The molecule has 0 radical (unpaired) electrons. The molecule has 14 heteroatoms. The number of rotatable bonds is 4. The first-order valence-corrected chi connectivity index (χ1v) is 9.83. The molecule has 4 aromatic rings. The summed E-state index contributed by atoms with van der Waals surface area (Å²) in [6, 6.07) is 15.2. The molecule has 0 saturated carbocycles. The van der Waals surface area contributed by atoms with Crippen LogP contribution in [0.5, 0.6) is 0 Å². The van der Waals surface area contributed by atoms with E-state index in [4.69, 9.17) is 11.5 Å². The molecule has 4 N–H and O–H groups in total. The Morgan fingerprint density at radius 1 is 0.676 bits per heavy atom. The Morgan fingerprint density at radius 3 is 1.38 bits per heavy atom. The van der Waals surface area contributed by atoms with Crippen molar-refractivity contribution in [1.82, 2.24) is 19.9 Å². The van der Waals surface area contributed by atoms with Gasteiger partial charge in [-0.3, -0.25) is 9.97 Å².